The molecule has 0 aliphatic carbocycles. The first kappa shape index (κ1) is 20.5. The Labute approximate surface area is 184 Å². The van der Waals surface area contributed by atoms with Gasteiger partial charge in [-0.25, -0.2) is 4.98 Å². The summed E-state index contributed by atoms with van der Waals surface area (Å²) < 4.78 is 16.7. The fourth-order valence-corrected chi connectivity index (χ4v) is 3.33. The highest BCUT2D eigenvalue weighted by molar-refractivity contribution is 6.34. The summed E-state index contributed by atoms with van der Waals surface area (Å²) in [6.45, 7) is 0. The van der Waals surface area contributed by atoms with E-state index < -0.39 is 0 Å². The number of aromatic nitrogens is 1. The zero-order valence-corrected chi connectivity index (χ0v) is 17.6. The molecule has 0 radical (unpaired) electrons. The number of hydrogen-bond acceptors (Lipinski definition) is 5. The van der Waals surface area contributed by atoms with Crippen molar-refractivity contribution in [1.82, 2.24) is 4.98 Å². The van der Waals surface area contributed by atoms with Gasteiger partial charge in [0.2, 0.25) is 5.89 Å². The lowest BCUT2D eigenvalue weighted by molar-refractivity contribution is 0.102. The molecule has 4 aromatic rings. The van der Waals surface area contributed by atoms with Crippen LogP contribution in [0.1, 0.15) is 10.4 Å². The van der Waals surface area contributed by atoms with Crippen LogP contribution >= 0.6 is 11.6 Å². The van der Waals surface area contributed by atoms with Gasteiger partial charge >= 0.3 is 0 Å². The molecular formula is C24H19ClN2O4. The second kappa shape index (κ2) is 8.93. The first-order valence-electron chi connectivity index (χ1n) is 9.44. The lowest BCUT2D eigenvalue weighted by atomic mass is 10.1. The van der Waals surface area contributed by atoms with Crippen LogP contribution in [0.4, 0.5) is 5.69 Å². The summed E-state index contributed by atoms with van der Waals surface area (Å²) in [4.78, 5) is 17.3. The van der Waals surface area contributed by atoms with Gasteiger partial charge in [-0.1, -0.05) is 35.9 Å². The van der Waals surface area contributed by atoms with Gasteiger partial charge in [0.25, 0.3) is 5.91 Å². The van der Waals surface area contributed by atoms with Gasteiger partial charge in [-0.3, -0.25) is 4.79 Å². The van der Waals surface area contributed by atoms with Crippen molar-refractivity contribution in [2.75, 3.05) is 19.5 Å². The quantitative estimate of drug-likeness (QED) is 0.407. The Hall–Kier alpha value is -3.77. The second-order valence-electron chi connectivity index (χ2n) is 6.58. The van der Waals surface area contributed by atoms with Crippen LogP contribution in [0.5, 0.6) is 11.5 Å². The van der Waals surface area contributed by atoms with E-state index in [0.717, 1.165) is 5.56 Å². The Morgan fingerprint density at radius 2 is 1.74 bits per heavy atom. The van der Waals surface area contributed by atoms with Crippen LogP contribution in [0.15, 0.2) is 77.3 Å². The summed E-state index contributed by atoms with van der Waals surface area (Å²) in [5.74, 6) is 1.77. The van der Waals surface area contributed by atoms with Crippen molar-refractivity contribution in [2.45, 2.75) is 0 Å². The zero-order chi connectivity index (χ0) is 21.8. The third kappa shape index (κ3) is 4.25. The van der Waals surface area contributed by atoms with E-state index in [2.05, 4.69) is 10.3 Å². The van der Waals surface area contributed by atoms with E-state index in [0.29, 0.717) is 45.0 Å². The molecule has 0 unspecified atom stereocenters. The van der Waals surface area contributed by atoms with Crippen molar-refractivity contribution < 1.29 is 18.7 Å². The van der Waals surface area contributed by atoms with Gasteiger partial charge in [0.15, 0.2) is 5.76 Å². The molecule has 0 saturated carbocycles. The summed E-state index contributed by atoms with van der Waals surface area (Å²) in [7, 11) is 3.16. The molecule has 0 fully saturated rings. The Morgan fingerprint density at radius 3 is 2.52 bits per heavy atom. The van der Waals surface area contributed by atoms with Crippen LogP contribution in [-0.2, 0) is 0 Å². The highest BCUT2D eigenvalue weighted by Gasteiger charge is 2.19. The number of halogens is 1. The van der Waals surface area contributed by atoms with Gasteiger partial charge in [-0.15, -0.1) is 0 Å². The van der Waals surface area contributed by atoms with Gasteiger partial charge in [0, 0.05) is 11.6 Å². The molecule has 156 valence electrons. The van der Waals surface area contributed by atoms with Crippen LogP contribution in [0.2, 0.25) is 5.02 Å². The number of nitrogens with zero attached hydrogens (tertiary/aromatic N) is 1. The summed E-state index contributed by atoms with van der Waals surface area (Å²) in [5.41, 5.74) is 2.23. The molecule has 1 heterocycles. The molecule has 0 atom stereocenters. The smallest absolute Gasteiger partial charge is 0.256 e. The highest BCUT2D eigenvalue weighted by atomic mass is 35.5. The Bertz CT molecular complexity index is 1240. The molecule has 6 nitrogen and oxygen atoms in total. The summed E-state index contributed by atoms with van der Waals surface area (Å²) in [6.07, 6.45) is 1.60. The normalized spacial score (nSPS) is 10.5. The van der Waals surface area contributed by atoms with Gasteiger partial charge < -0.3 is 19.2 Å². The molecule has 0 spiro atoms. The lowest BCUT2D eigenvalue weighted by Crippen LogP contribution is -2.13. The summed E-state index contributed by atoms with van der Waals surface area (Å²) in [5, 5.41) is 3.29. The topological polar surface area (TPSA) is 73.6 Å². The van der Waals surface area contributed by atoms with Crippen molar-refractivity contribution in [3.05, 3.63) is 83.5 Å². The van der Waals surface area contributed by atoms with Crippen molar-refractivity contribution >= 4 is 23.2 Å². The maximum Gasteiger partial charge on any atom is 0.256 e. The van der Waals surface area contributed by atoms with E-state index in [1.807, 2.05) is 18.2 Å². The predicted molar refractivity (Wildman–Crippen MR) is 120 cm³/mol. The largest absolute Gasteiger partial charge is 0.497 e. The number of hydrogen-bond donors (Lipinski definition) is 1. The Balaban J connectivity index is 1.68. The molecule has 0 saturated heterocycles. The van der Waals surface area contributed by atoms with Crippen molar-refractivity contribution in [3.8, 4) is 34.3 Å². The van der Waals surface area contributed by atoms with Crippen LogP contribution in [0.25, 0.3) is 22.8 Å². The number of benzene rings is 3. The average Bonchev–Trinajstić information content (AvgIpc) is 3.30. The van der Waals surface area contributed by atoms with E-state index in [4.69, 9.17) is 25.5 Å². The molecular weight excluding hydrogens is 416 g/mol. The third-order valence-corrected chi connectivity index (χ3v) is 5.03. The van der Waals surface area contributed by atoms with Crippen LogP contribution in [0.3, 0.4) is 0 Å². The summed E-state index contributed by atoms with van der Waals surface area (Å²) >= 11 is 6.17. The number of amides is 1. The molecule has 3 aromatic carbocycles. The second-order valence-corrected chi connectivity index (χ2v) is 6.98. The molecule has 4 rings (SSSR count). The number of rotatable bonds is 6. The van der Waals surface area contributed by atoms with E-state index in [1.165, 1.54) is 0 Å². The first-order valence-corrected chi connectivity index (χ1v) is 9.82. The number of nitrogens with one attached hydrogen (secondary N) is 1. The number of methoxy groups -OCH3 is 2. The fourth-order valence-electron chi connectivity index (χ4n) is 3.15. The van der Waals surface area contributed by atoms with Crippen LogP contribution < -0.4 is 14.8 Å². The number of oxazole rings is 1. The monoisotopic (exact) mass is 434 g/mol. The number of para-hydroxylation sites is 1. The Kier molecular flexibility index (Phi) is 5.91. The van der Waals surface area contributed by atoms with E-state index in [1.54, 1.807) is 68.9 Å². The fraction of sp³-hybridized carbons (Fsp3) is 0.0833. The van der Waals surface area contributed by atoms with Crippen LogP contribution in [0, 0.1) is 0 Å². The molecule has 1 aromatic heterocycles. The van der Waals surface area contributed by atoms with E-state index in [-0.39, 0.29) is 5.91 Å². The highest BCUT2D eigenvalue weighted by Crippen LogP contribution is 2.36. The summed E-state index contributed by atoms with van der Waals surface area (Å²) in [6, 6.07) is 19.5. The van der Waals surface area contributed by atoms with E-state index >= 15 is 0 Å². The van der Waals surface area contributed by atoms with Gasteiger partial charge in [-0.05, 0) is 36.4 Å². The number of ether oxygens (including phenoxy) is 2. The van der Waals surface area contributed by atoms with Crippen molar-refractivity contribution in [3.63, 3.8) is 0 Å². The maximum absolute atomic E-state index is 12.9. The molecule has 1 N–H and O–H groups in total. The molecule has 0 aliphatic heterocycles. The molecule has 0 bridgehead atoms. The standard InChI is InChI=1S/C24H19ClN2O4/c1-29-15-11-12-18(21(13-15)30-2)22-14-26-24(31-22)17-8-4-3-7-16(17)23(28)27-20-10-6-5-9-19(20)25/h3-14H,1-2H3,(H,27,28). The third-order valence-electron chi connectivity index (χ3n) is 4.70. The zero-order valence-electron chi connectivity index (χ0n) is 16.9. The number of carbonyl (C=O) groups excluding carboxylic acids is 1. The van der Waals surface area contributed by atoms with Gasteiger partial charge in [-0.2, -0.15) is 0 Å². The minimum atomic E-state index is -0.314. The average molecular weight is 435 g/mol. The minimum absolute atomic E-state index is 0.314. The predicted octanol–water partition coefficient (Wildman–Crippen LogP) is 5.93. The van der Waals surface area contributed by atoms with Gasteiger partial charge in [0.1, 0.15) is 11.5 Å². The number of carbonyl (C=O) groups is 1. The maximum atomic E-state index is 12.9. The molecule has 7 heteroatoms. The molecule has 1 amide bonds. The number of anilines is 1. The minimum Gasteiger partial charge on any atom is -0.497 e. The molecule has 0 aliphatic rings. The van der Waals surface area contributed by atoms with Gasteiger partial charge in [0.05, 0.1) is 42.3 Å². The van der Waals surface area contributed by atoms with Crippen molar-refractivity contribution in [1.29, 1.82) is 0 Å². The van der Waals surface area contributed by atoms with Crippen molar-refractivity contribution in [2.24, 2.45) is 0 Å². The molecule has 31 heavy (non-hydrogen) atoms. The van der Waals surface area contributed by atoms with E-state index in [9.17, 15) is 4.79 Å². The Morgan fingerprint density at radius 1 is 0.968 bits per heavy atom. The van der Waals surface area contributed by atoms with Crippen LogP contribution in [-0.4, -0.2) is 25.1 Å². The lowest BCUT2D eigenvalue weighted by Gasteiger charge is -2.10. The first-order chi connectivity index (χ1) is 15.1. The SMILES string of the molecule is COc1ccc(-c2cnc(-c3ccccc3C(=O)Nc3ccccc3Cl)o2)c(OC)c1.